The molecule has 1 aliphatic carbocycles. The molecule has 1 saturated carbocycles. The average Bonchev–Trinajstić information content (AvgIpc) is 3.27. The number of likely N-dealkylation sites (tertiary alicyclic amines) is 1. The number of carbonyl (C=O) groups is 2. The first-order valence-electron chi connectivity index (χ1n) is 11.5. The third-order valence-corrected chi connectivity index (χ3v) is 7.23. The average molecular weight is 446 g/mol. The van der Waals surface area contributed by atoms with Gasteiger partial charge in [-0.05, 0) is 55.9 Å². The molecule has 0 radical (unpaired) electrons. The third kappa shape index (κ3) is 4.00. The molecule has 1 aromatic rings. The lowest BCUT2D eigenvalue weighted by atomic mass is 9.91. The third-order valence-electron chi connectivity index (χ3n) is 7.23. The molecule has 172 valence electrons. The van der Waals surface area contributed by atoms with Gasteiger partial charge in [0.1, 0.15) is 17.9 Å². The van der Waals surface area contributed by atoms with Crippen LogP contribution in [0.1, 0.15) is 60.9 Å². The molecule has 1 N–H and O–H groups in total. The predicted molar refractivity (Wildman–Crippen MR) is 114 cm³/mol. The first-order valence-corrected chi connectivity index (χ1v) is 11.5. The predicted octanol–water partition coefficient (Wildman–Crippen LogP) is 3.47. The van der Waals surface area contributed by atoms with Crippen LogP contribution in [0.5, 0.6) is 5.75 Å². The Labute approximate surface area is 186 Å². The summed E-state index contributed by atoms with van der Waals surface area (Å²) in [5, 5.41) is 2.75. The lowest BCUT2D eigenvalue weighted by Gasteiger charge is -2.37. The Morgan fingerprint density at radius 1 is 1.16 bits per heavy atom. The maximum Gasteiger partial charge on any atom is 0.261 e. The van der Waals surface area contributed by atoms with Crippen LogP contribution in [0.25, 0.3) is 0 Å². The van der Waals surface area contributed by atoms with Gasteiger partial charge in [0.25, 0.3) is 11.8 Å². The SMILES string of the molecule is C=C1CCC(N2Cc3cc(O[C@H]4CCCC[C@H]4N4CCC(F)(F)C4)ccc3C2=O)C(=O)N1. The van der Waals surface area contributed by atoms with Crippen molar-refractivity contribution in [2.45, 2.75) is 75.6 Å². The second-order valence-electron chi connectivity index (χ2n) is 9.48. The van der Waals surface area contributed by atoms with Gasteiger partial charge in [0.15, 0.2) is 0 Å². The standard InChI is InChI=1S/C24H29F2N3O3/c1-15-6-9-20(22(30)27-15)29-13-16-12-17(7-8-18(16)23(29)31)32-21-5-3-2-4-19(21)28-11-10-24(25,26)14-28/h7-8,12,19-21H,1-6,9-11,13-14H2,(H,27,30)/t19-,20?,21+/m1/s1. The fraction of sp³-hybridized carbons (Fsp3) is 0.583. The van der Waals surface area contributed by atoms with Crippen molar-refractivity contribution in [1.29, 1.82) is 0 Å². The van der Waals surface area contributed by atoms with Crippen LogP contribution in [-0.4, -0.2) is 58.8 Å². The number of allylic oxidation sites excluding steroid dienone is 1. The Morgan fingerprint density at radius 2 is 1.97 bits per heavy atom. The van der Waals surface area contributed by atoms with Crippen molar-refractivity contribution < 1.29 is 23.1 Å². The number of carbonyl (C=O) groups excluding carboxylic acids is 2. The van der Waals surface area contributed by atoms with Gasteiger partial charge in [-0.2, -0.15) is 0 Å². The summed E-state index contributed by atoms with van der Waals surface area (Å²) in [4.78, 5) is 28.8. The van der Waals surface area contributed by atoms with E-state index in [2.05, 4.69) is 11.9 Å². The highest BCUT2D eigenvalue weighted by Crippen LogP contribution is 2.36. The molecule has 3 fully saturated rings. The lowest BCUT2D eigenvalue weighted by molar-refractivity contribution is -0.126. The van der Waals surface area contributed by atoms with Crippen molar-refractivity contribution in [3.05, 3.63) is 41.6 Å². The Kier molecular flexibility index (Phi) is 5.43. The van der Waals surface area contributed by atoms with E-state index in [9.17, 15) is 18.4 Å². The van der Waals surface area contributed by atoms with E-state index in [1.165, 1.54) is 0 Å². The molecule has 1 unspecified atom stereocenters. The van der Waals surface area contributed by atoms with Gasteiger partial charge < -0.3 is 15.0 Å². The zero-order chi connectivity index (χ0) is 22.5. The van der Waals surface area contributed by atoms with Crippen LogP contribution in [0.2, 0.25) is 0 Å². The number of amides is 2. The van der Waals surface area contributed by atoms with Gasteiger partial charge in [-0.15, -0.1) is 0 Å². The number of nitrogens with zero attached hydrogens (tertiary/aromatic N) is 2. The second kappa shape index (κ2) is 8.14. The quantitative estimate of drug-likeness (QED) is 0.771. The van der Waals surface area contributed by atoms with Crippen LogP contribution in [-0.2, 0) is 11.3 Å². The van der Waals surface area contributed by atoms with Crippen LogP contribution in [0.15, 0.2) is 30.5 Å². The molecule has 2 amide bonds. The monoisotopic (exact) mass is 445 g/mol. The summed E-state index contributed by atoms with van der Waals surface area (Å²) in [7, 11) is 0. The Bertz CT molecular complexity index is 950. The minimum atomic E-state index is -2.61. The zero-order valence-electron chi connectivity index (χ0n) is 18.1. The highest BCUT2D eigenvalue weighted by Gasteiger charge is 2.44. The van der Waals surface area contributed by atoms with Crippen molar-refractivity contribution in [2.75, 3.05) is 13.1 Å². The summed E-state index contributed by atoms with van der Waals surface area (Å²) in [6, 6.07) is 4.91. The molecule has 3 atom stereocenters. The molecule has 8 heteroatoms. The molecule has 5 rings (SSSR count). The summed E-state index contributed by atoms with van der Waals surface area (Å²) in [5.74, 6) is -2.29. The van der Waals surface area contributed by atoms with E-state index >= 15 is 0 Å². The zero-order valence-corrected chi connectivity index (χ0v) is 18.1. The van der Waals surface area contributed by atoms with Gasteiger partial charge >= 0.3 is 0 Å². The number of rotatable bonds is 4. The minimum Gasteiger partial charge on any atom is -0.489 e. The molecule has 3 aliphatic heterocycles. The topological polar surface area (TPSA) is 61.9 Å². The molecule has 1 aromatic carbocycles. The molecular weight excluding hydrogens is 416 g/mol. The highest BCUT2D eigenvalue weighted by molar-refractivity contribution is 6.01. The summed E-state index contributed by atoms with van der Waals surface area (Å²) in [5.41, 5.74) is 2.11. The van der Waals surface area contributed by atoms with Gasteiger partial charge in [0.2, 0.25) is 5.91 Å². The molecule has 2 saturated heterocycles. The highest BCUT2D eigenvalue weighted by atomic mass is 19.3. The van der Waals surface area contributed by atoms with Crippen LogP contribution < -0.4 is 10.1 Å². The van der Waals surface area contributed by atoms with Crippen LogP contribution in [0.4, 0.5) is 8.78 Å². The van der Waals surface area contributed by atoms with E-state index in [1.807, 2.05) is 11.0 Å². The minimum absolute atomic E-state index is 0.0115. The molecule has 3 heterocycles. The number of alkyl halides is 2. The summed E-state index contributed by atoms with van der Waals surface area (Å²) in [6.07, 6.45) is 4.73. The number of benzene rings is 1. The maximum atomic E-state index is 13.8. The van der Waals surface area contributed by atoms with E-state index < -0.39 is 12.0 Å². The molecule has 0 bridgehead atoms. The van der Waals surface area contributed by atoms with E-state index in [1.54, 1.807) is 17.0 Å². The maximum absolute atomic E-state index is 13.8. The second-order valence-corrected chi connectivity index (χ2v) is 9.48. The van der Waals surface area contributed by atoms with Gasteiger partial charge in [-0.25, -0.2) is 8.78 Å². The number of piperidine rings is 1. The summed E-state index contributed by atoms with van der Waals surface area (Å²) < 4.78 is 33.9. The Morgan fingerprint density at radius 3 is 2.72 bits per heavy atom. The van der Waals surface area contributed by atoms with Gasteiger partial charge in [0.05, 0.1) is 6.54 Å². The van der Waals surface area contributed by atoms with Gasteiger partial charge in [-0.3, -0.25) is 14.5 Å². The van der Waals surface area contributed by atoms with E-state index in [0.29, 0.717) is 42.9 Å². The molecule has 32 heavy (non-hydrogen) atoms. The molecular formula is C24H29F2N3O3. The van der Waals surface area contributed by atoms with Crippen molar-refractivity contribution in [1.82, 2.24) is 15.1 Å². The van der Waals surface area contributed by atoms with Crippen LogP contribution >= 0.6 is 0 Å². The summed E-state index contributed by atoms with van der Waals surface area (Å²) >= 11 is 0. The molecule has 0 aromatic heterocycles. The van der Waals surface area contributed by atoms with Gasteiger partial charge in [0, 0.05) is 36.8 Å². The molecule has 6 nitrogen and oxygen atoms in total. The van der Waals surface area contributed by atoms with E-state index in [-0.39, 0.29) is 36.9 Å². The number of fused-ring (bicyclic) bond motifs is 1. The van der Waals surface area contributed by atoms with E-state index in [4.69, 9.17) is 4.74 Å². The number of ether oxygens (including phenoxy) is 1. The number of hydrogen-bond acceptors (Lipinski definition) is 4. The largest absolute Gasteiger partial charge is 0.489 e. The number of nitrogens with one attached hydrogen (secondary N) is 1. The van der Waals surface area contributed by atoms with Gasteiger partial charge in [-0.1, -0.05) is 13.0 Å². The fourth-order valence-corrected chi connectivity index (χ4v) is 5.56. The van der Waals surface area contributed by atoms with Crippen molar-refractivity contribution in [3.63, 3.8) is 0 Å². The normalized spacial score (nSPS) is 30.4. The van der Waals surface area contributed by atoms with Crippen molar-refractivity contribution >= 4 is 11.8 Å². The first kappa shape index (κ1) is 21.4. The van der Waals surface area contributed by atoms with Crippen LogP contribution in [0, 0.1) is 0 Å². The first-order chi connectivity index (χ1) is 15.3. The smallest absolute Gasteiger partial charge is 0.261 e. The number of hydrogen-bond donors (Lipinski definition) is 1. The van der Waals surface area contributed by atoms with E-state index in [0.717, 1.165) is 31.2 Å². The van der Waals surface area contributed by atoms with Crippen molar-refractivity contribution in [3.8, 4) is 5.75 Å². The Balaban J connectivity index is 1.29. The molecule has 4 aliphatic rings. The Hall–Kier alpha value is -2.48. The van der Waals surface area contributed by atoms with Crippen molar-refractivity contribution in [2.24, 2.45) is 0 Å². The fourth-order valence-electron chi connectivity index (χ4n) is 5.56. The lowest BCUT2D eigenvalue weighted by Crippen LogP contribution is -2.49. The molecule has 0 spiro atoms. The summed E-state index contributed by atoms with van der Waals surface area (Å²) in [6.45, 7) is 4.37. The number of halogens is 2. The van der Waals surface area contributed by atoms with Crippen LogP contribution in [0.3, 0.4) is 0 Å².